The number of benzene rings is 2. The monoisotopic (exact) mass is 310 g/mol. The Morgan fingerprint density at radius 1 is 1.09 bits per heavy atom. The number of nitrogens with zero attached hydrogens (tertiary/aromatic N) is 2. The summed E-state index contributed by atoms with van der Waals surface area (Å²) in [6, 6.07) is 12.8. The first kappa shape index (κ1) is 15.4. The molecule has 2 aromatic rings. The van der Waals surface area contributed by atoms with E-state index in [2.05, 4.69) is 48.2 Å². The largest absolute Gasteiger partial charge is 0.493 e. The maximum absolute atomic E-state index is 5.41. The molecule has 4 heteroatoms. The van der Waals surface area contributed by atoms with Gasteiger partial charge in [0.15, 0.2) is 11.5 Å². The van der Waals surface area contributed by atoms with Crippen LogP contribution in [0.15, 0.2) is 41.5 Å². The second-order valence-corrected chi connectivity index (χ2v) is 5.84. The molecule has 0 aliphatic carbocycles. The zero-order chi connectivity index (χ0) is 16.4. The van der Waals surface area contributed by atoms with Gasteiger partial charge in [0, 0.05) is 5.56 Å². The number of hydrazone groups is 1. The molecule has 1 heterocycles. The summed E-state index contributed by atoms with van der Waals surface area (Å²) in [5, 5.41) is 6.72. The van der Waals surface area contributed by atoms with Crippen LogP contribution in [-0.2, 0) is 6.54 Å². The summed E-state index contributed by atoms with van der Waals surface area (Å²) in [5.74, 6) is 1.49. The minimum Gasteiger partial charge on any atom is -0.493 e. The lowest BCUT2D eigenvalue weighted by molar-refractivity contribution is 0.208. The summed E-state index contributed by atoms with van der Waals surface area (Å²) >= 11 is 0. The summed E-state index contributed by atoms with van der Waals surface area (Å²) in [6.45, 7) is 5.04. The van der Waals surface area contributed by atoms with Crippen LogP contribution in [0.5, 0.6) is 11.5 Å². The van der Waals surface area contributed by atoms with Gasteiger partial charge in [0.2, 0.25) is 0 Å². The van der Waals surface area contributed by atoms with Crippen molar-refractivity contribution in [1.29, 1.82) is 0 Å². The molecule has 0 saturated carbocycles. The zero-order valence-electron chi connectivity index (χ0n) is 14.0. The number of fused-ring (bicyclic) bond motifs is 1. The van der Waals surface area contributed by atoms with Gasteiger partial charge in [0.1, 0.15) is 0 Å². The van der Waals surface area contributed by atoms with Crippen molar-refractivity contribution >= 4 is 6.21 Å². The molecule has 0 fully saturated rings. The second kappa shape index (κ2) is 6.32. The fraction of sp³-hybridized carbons (Fsp3) is 0.316. The fourth-order valence-corrected chi connectivity index (χ4v) is 2.88. The van der Waals surface area contributed by atoms with E-state index in [0.29, 0.717) is 0 Å². The summed E-state index contributed by atoms with van der Waals surface area (Å²) < 4.78 is 10.8. The van der Waals surface area contributed by atoms with Gasteiger partial charge < -0.3 is 9.47 Å². The molecular weight excluding hydrogens is 288 g/mol. The third kappa shape index (κ3) is 3.02. The highest BCUT2D eigenvalue weighted by molar-refractivity contribution is 5.84. The summed E-state index contributed by atoms with van der Waals surface area (Å²) in [6.07, 6.45) is 1.90. The smallest absolute Gasteiger partial charge is 0.161 e. The van der Waals surface area contributed by atoms with Gasteiger partial charge in [-0.05, 0) is 37.1 Å². The summed E-state index contributed by atoms with van der Waals surface area (Å²) in [7, 11) is 3.31. The van der Waals surface area contributed by atoms with Crippen LogP contribution in [-0.4, -0.2) is 25.4 Å². The molecule has 0 saturated heterocycles. The molecule has 1 aliphatic heterocycles. The van der Waals surface area contributed by atoms with E-state index in [1.165, 1.54) is 16.7 Å². The average molecular weight is 310 g/mol. The lowest BCUT2D eigenvalue weighted by Crippen LogP contribution is -2.25. The third-order valence-corrected chi connectivity index (χ3v) is 4.29. The van der Waals surface area contributed by atoms with Gasteiger partial charge in [-0.25, -0.2) is 0 Å². The maximum atomic E-state index is 5.41. The Morgan fingerprint density at radius 3 is 2.52 bits per heavy atom. The molecule has 120 valence electrons. The maximum Gasteiger partial charge on any atom is 0.161 e. The van der Waals surface area contributed by atoms with Crippen molar-refractivity contribution in [3.05, 3.63) is 58.7 Å². The lowest BCUT2D eigenvalue weighted by atomic mass is 10.0. The Morgan fingerprint density at radius 2 is 1.83 bits per heavy atom. The number of ether oxygens (including phenoxy) is 2. The highest BCUT2D eigenvalue weighted by Crippen LogP contribution is 2.34. The van der Waals surface area contributed by atoms with E-state index < -0.39 is 0 Å². The number of hydrogen-bond donors (Lipinski definition) is 0. The van der Waals surface area contributed by atoms with Crippen LogP contribution in [0.1, 0.15) is 35.2 Å². The second-order valence-electron chi connectivity index (χ2n) is 5.84. The van der Waals surface area contributed by atoms with E-state index in [-0.39, 0.29) is 6.04 Å². The Kier molecular flexibility index (Phi) is 4.24. The van der Waals surface area contributed by atoms with Crippen LogP contribution in [0.2, 0.25) is 0 Å². The minimum absolute atomic E-state index is 0.215. The van der Waals surface area contributed by atoms with Crippen LogP contribution >= 0.6 is 0 Å². The summed E-state index contributed by atoms with van der Waals surface area (Å²) in [5.41, 5.74) is 4.81. The Balaban J connectivity index is 1.88. The molecule has 4 nitrogen and oxygen atoms in total. The predicted molar refractivity (Wildman–Crippen MR) is 92.3 cm³/mol. The molecule has 0 radical (unpaired) electrons. The van der Waals surface area contributed by atoms with Gasteiger partial charge in [-0.3, -0.25) is 5.01 Å². The first-order chi connectivity index (χ1) is 11.1. The highest BCUT2D eigenvalue weighted by Gasteiger charge is 2.20. The van der Waals surface area contributed by atoms with Gasteiger partial charge >= 0.3 is 0 Å². The van der Waals surface area contributed by atoms with Crippen molar-refractivity contribution in [3.63, 3.8) is 0 Å². The Bertz CT molecular complexity index is 740. The van der Waals surface area contributed by atoms with Crippen LogP contribution in [0.25, 0.3) is 0 Å². The molecule has 1 atom stereocenters. The first-order valence-corrected chi connectivity index (χ1v) is 7.74. The van der Waals surface area contributed by atoms with Crippen LogP contribution in [0.3, 0.4) is 0 Å². The van der Waals surface area contributed by atoms with Crippen molar-refractivity contribution in [3.8, 4) is 11.5 Å². The highest BCUT2D eigenvalue weighted by atomic mass is 16.5. The molecule has 0 N–H and O–H groups in total. The molecule has 1 aliphatic rings. The van der Waals surface area contributed by atoms with Gasteiger partial charge in [0.25, 0.3) is 0 Å². The standard InChI is InChI=1S/C19H22N2O2/c1-13-6-5-7-15(8-13)14(2)21-12-17-10-19(23-4)18(22-3)9-16(17)11-20-21/h5-11,14H,12H2,1-4H3/t14-/m1/s1. The number of rotatable bonds is 4. The minimum atomic E-state index is 0.215. The van der Waals surface area contributed by atoms with Gasteiger partial charge in [-0.1, -0.05) is 29.8 Å². The van der Waals surface area contributed by atoms with E-state index in [1.54, 1.807) is 14.2 Å². The van der Waals surface area contributed by atoms with E-state index in [4.69, 9.17) is 9.47 Å². The quantitative estimate of drug-likeness (QED) is 0.858. The molecule has 3 rings (SSSR count). The van der Waals surface area contributed by atoms with Crippen molar-refractivity contribution < 1.29 is 9.47 Å². The molecule has 23 heavy (non-hydrogen) atoms. The normalized spacial score (nSPS) is 14.3. The topological polar surface area (TPSA) is 34.1 Å². The Hall–Kier alpha value is -2.49. The first-order valence-electron chi connectivity index (χ1n) is 7.74. The zero-order valence-corrected chi connectivity index (χ0v) is 14.0. The van der Waals surface area contributed by atoms with Gasteiger partial charge in [0.05, 0.1) is 33.0 Å². The predicted octanol–water partition coefficient (Wildman–Crippen LogP) is 3.92. The van der Waals surface area contributed by atoms with E-state index in [1.807, 2.05) is 18.3 Å². The lowest BCUT2D eigenvalue weighted by Gasteiger charge is -2.30. The van der Waals surface area contributed by atoms with Gasteiger partial charge in [-0.15, -0.1) is 0 Å². The van der Waals surface area contributed by atoms with Gasteiger partial charge in [-0.2, -0.15) is 5.10 Å². The van der Waals surface area contributed by atoms with Crippen molar-refractivity contribution in [2.75, 3.05) is 14.2 Å². The number of hydrogen-bond acceptors (Lipinski definition) is 4. The average Bonchev–Trinajstić information content (AvgIpc) is 2.59. The molecule has 0 amide bonds. The van der Waals surface area contributed by atoms with Crippen molar-refractivity contribution in [1.82, 2.24) is 5.01 Å². The summed E-state index contributed by atoms with van der Waals surface area (Å²) in [4.78, 5) is 0. The van der Waals surface area contributed by atoms with Crippen molar-refractivity contribution in [2.24, 2.45) is 5.10 Å². The molecule has 0 spiro atoms. The van der Waals surface area contributed by atoms with E-state index in [9.17, 15) is 0 Å². The number of aryl methyl sites for hydroxylation is 1. The van der Waals surface area contributed by atoms with E-state index in [0.717, 1.165) is 23.6 Å². The third-order valence-electron chi connectivity index (χ3n) is 4.29. The SMILES string of the molecule is COc1cc2c(cc1OC)CN([C@H](C)c1cccc(C)c1)N=C2. The van der Waals surface area contributed by atoms with Crippen LogP contribution in [0, 0.1) is 6.92 Å². The van der Waals surface area contributed by atoms with Crippen molar-refractivity contribution in [2.45, 2.75) is 26.4 Å². The fourth-order valence-electron chi connectivity index (χ4n) is 2.88. The Labute approximate surface area is 137 Å². The molecule has 0 bridgehead atoms. The van der Waals surface area contributed by atoms with Crippen LogP contribution in [0.4, 0.5) is 0 Å². The molecular formula is C19H22N2O2. The van der Waals surface area contributed by atoms with E-state index >= 15 is 0 Å². The molecule has 0 aromatic heterocycles. The number of methoxy groups -OCH3 is 2. The molecule has 2 aromatic carbocycles. The van der Waals surface area contributed by atoms with Crippen LogP contribution < -0.4 is 9.47 Å². The molecule has 0 unspecified atom stereocenters.